The van der Waals surface area contributed by atoms with Gasteiger partial charge in [0.05, 0.1) is 10.6 Å². The molecular formula is C16H23N3O4. The molecule has 7 nitrogen and oxygen atoms in total. The van der Waals surface area contributed by atoms with E-state index in [2.05, 4.69) is 5.32 Å². The third-order valence-electron chi connectivity index (χ3n) is 3.51. The molecule has 0 bridgehead atoms. The van der Waals surface area contributed by atoms with Gasteiger partial charge in [-0.15, -0.1) is 0 Å². The maximum Gasteiger partial charge on any atom is 0.412 e. The molecule has 0 atom stereocenters. The number of hydrogen-bond donors (Lipinski definition) is 1. The molecule has 7 heteroatoms. The summed E-state index contributed by atoms with van der Waals surface area (Å²) in [5, 5.41) is 13.9. The first kappa shape index (κ1) is 17.1. The molecule has 0 unspecified atom stereocenters. The Balaban J connectivity index is 2.18. The monoisotopic (exact) mass is 321 g/mol. The Morgan fingerprint density at radius 1 is 1.26 bits per heavy atom. The number of hydrogen-bond acceptors (Lipinski definition) is 5. The smallest absolute Gasteiger partial charge is 0.412 e. The van der Waals surface area contributed by atoms with Gasteiger partial charge in [0.1, 0.15) is 11.3 Å². The summed E-state index contributed by atoms with van der Waals surface area (Å²) in [7, 11) is 0. The lowest BCUT2D eigenvalue weighted by Crippen LogP contribution is -2.30. The van der Waals surface area contributed by atoms with Gasteiger partial charge < -0.3 is 9.64 Å². The Bertz CT molecular complexity index is 589. The number of nitrogens with one attached hydrogen (secondary N) is 1. The minimum atomic E-state index is -0.627. The van der Waals surface area contributed by atoms with Crippen molar-refractivity contribution in [2.45, 2.75) is 45.6 Å². The topological polar surface area (TPSA) is 84.7 Å². The number of nitrogens with zero attached hydrogens (tertiary/aromatic N) is 2. The molecule has 126 valence electrons. The third kappa shape index (κ3) is 4.84. The zero-order valence-electron chi connectivity index (χ0n) is 13.8. The van der Waals surface area contributed by atoms with Crippen molar-refractivity contribution in [3.05, 3.63) is 28.3 Å². The molecule has 1 N–H and O–H groups in total. The van der Waals surface area contributed by atoms with Crippen LogP contribution in [0.4, 0.5) is 21.9 Å². The fraction of sp³-hybridized carbons (Fsp3) is 0.562. The Kier molecular flexibility index (Phi) is 5.08. The number of ether oxygens (including phenoxy) is 1. The highest BCUT2D eigenvalue weighted by molar-refractivity contribution is 5.86. The molecule has 0 saturated carbocycles. The lowest BCUT2D eigenvalue weighted by Gasteiger charge is -2.28. The normalized spacial score (nSPS) is 15.2. The molecule has 1 aliphatic heterocycles. The Morgan fingerprint density at radius 2 is 1.91 bits per heavy atom. The molecule has 1 amide bonds. The summed E-state index contributed by atoms with van der Waals surface area (Å²) in [5.74, 6) is 0. The summed E-state index contributed by atoms with van der Waals surface area (Å²) in [5.41, 5.74) is 0.334. The average Bonchev–Trinajstić information content (AvgIpc) is 2.46. The number of piperidine rings is 1. The third-order valence-corrected chi connectivity index (χ3v) is 3.51. The zero-order chi connectivity index (χ0) is 17.0. The second-order valence-corrected chi connectivity index (χ2v) is 6.64. The number of nitro groups is 1. The van der Waals surface area contributed by atoms with E-state index >= 15 is 0 Å². The van der Waals surface area contributed by atoms with Crippen LogP contribution < -0.4 is 10.2 Å². The van der Waals surface area contributed by atoms with Crippen molar-refractivity contribution in [1.29, 1.82) is 0 Å². The van der Waals surface area contributed by atoms with Crippen LogP contribution >= 0.6 is 0 Å². The van der Waals surface area contributed by atoms with Gasteiger partial charge in [-0.2, -0.15) is 0 Å². The van der Waals surface area contributed by atoms with E-state index in [0.29, 0.717) is 11.4 Å². The van der Waals surface area contributed by atoms with Crippen molar-refractivity contribution in [3.63, 3.8) is 0 Å². The lowest BCUT2D eigenvalue weighted by atomic mass is 10.1. The maximum atomic E-state index is 11.8. The molecule has 0 aliphatic carbocycles. The Morgan fingerprint density at radius 3 is 2.48 bits per heavy atom. The van der Waals surface area contributed by atoms with E-state index < -0.39 is 16.6 Å². The number of carbonyl (C=O) groups excluding carboxylic acids is 1. The van der Waals surface area contributed by atoms with Crippen LogP contribution in [-0.2, 0) is 4.74 Å². The second-order valence-electron chi connectivity index (χ2n) is 6.64. The molecule has 2 rings (SSSR count). The van der Waals surface area contributed by atoms with Crippen molar-refractivity contribution in [2.75, 3.05) is 23.3 Å². The highest BCUT2D eigenvalue weighted by Crippen LogP contribution is 2.33. The molecule has 1 aromatic carbocycles. The quantitative estimate of drug-likeness (QED) is 0.673. The molecule has 1 saturated heterocycles. The molecule has 1 aromatic rings. The number of rotatable bonds is 3. The van der Waals surface area contributed by atoms with Crippen LogP contribution in [0.2, 0.25) is 0 Å². The highest BCUT2D eigenvalue weighted by atomic mass is 16.6. The van der Waals surface area contributed by atoms with E-state index in [9.17, 15) is 14.9 Å². The molecule has 1 heterocycles. The first-order valence-electron chi connectivity index (χ1n) is 7.80. The number of carbonyl (C=O) groups is 1. The van der Waals surface area contributed by atoms with Gasteiger partial charge in [0.25, 0.3) is 5.69 Å². The van der Waals surface area contributed by atoms with Gasteiger partial charge >= 0.3 is 6.09 Å². The number of anilines is 2. The predicted octanol–water partition coefficient (Wildman–Crippen LogP) is 3.93. The molecule has 0 spiro atoms. The minimum Gasteiger partial charge on any atom is -0.444 e. The predicted molar refractivity (Wildman–Crippen MR) is 89.0 cm³/mol. The fourth-order valence-electron chi connectivity index (χ4n) is 2.57. The standard InChI is InChI=1S/C16H23N3O4/c1-16(2,3)23-15(20)17-12-7-8-13(14(11-12)19(21)22)18-9-5-4-6-10-18/h7-8,11H,4-6,9-10H2,1-3H3,(H,17,20). The summed E-state index contributed by atoms with van der Waals surface area (Å²) < 4.78 is 5.16. The molecule has 23 heavy (non-hydrogen) atoms. The zero-order valence-corrected chi connectivity index (χ0v) is 13.8. The maximum absolute atomic E-state index is 11.8. The van der Waals surface area contributed by atoms with Gasteiger partial charge in [-0.1, -0.05) is 0 Å². The Hall–Kier alpha value is -2.31. The van der Waals surface area contributed by atoms with Crippen LogP contribution in [0, 0.1) is 10.1 Å². The van der Waals surface area contributed by atoms with Gasteiger partial charge in [0, 0.05) is 19.2 Å². The van der Waals surface area contributed by atoms with Gasteiger partial charge in [0.15, 0.2) is 0 Å². The van der Waals surface area contributed by atoms with E-state index in [1.54, 1.807) is 32.9 Å². The summed E-state index contributed by atoms with van der Waals surface area (Å²) >= 11 is 0. The van der Waals surface area contributed by atoms with Gasteiger partial charge in [0.2, 0.25) is 0 Å². The van der Waals surface area contributed by atoms with E-state index in [0.717, 1.165) is 32.4 Å². The van der Waals surface area contributed by atoms with Crippen LogP contribution in [0.25, 0.3) is 0 Å². The van der Waals surface area contributed by atoms with E-state index in [1.807, 2.05) is 4.90 Å². The minimum absolute atomic E-state index is 0.000425. The first-order valence-corrected chi connectivity index (χ1v) is 7.80. The Labute approximate surface area is 135 Å². The van der Waals surface area contributed by atoms with E-state index in [-0.39, 0.29) is 5.69 Å². The molecule has 0 aromatic heterocycles. The van der Waals surface area contributed by atoms with Gasteiger partial charge in [-0.3, -0.25) is 15.4 Å². The highest BCUT2D eigenvalue weighted by Gasteiger charge is 2.23. The van der Waals surface area contributed by atoms with Gasteiger partial charge in [-0.25, -0.2) is 4.79 Å². The van der Waals surface area contributed by atoms with Crippen LogP contribution in [0.3, 0.4) is 0 Å². The van der Waals surface area contributed by atoms with E-state index in [4.69, 9.17) is 4.74 Å². The summed E-state index contributed by atoms with van der Waals surface area (Å²) in [4.78, 5) is 24.8. The summed E-state index contributed by atoms with van der Waals surface area (Å²) in [6.45, 7) is 6.91. The van der Waals surface area contributed by atoms with Crippen LogP contribution in [0.5, 0.6) is 0 Å². The number of benzene rings is 1. The summed E-state index contributed by atoms with van der Waals surface area (Å²) in [6.07, 6.45) is 2.60. The van der Waals surface area contributed by atoms with Crippen molar-refractivity contribution >= 4 is 23.2 Å². The number of amides is 1. The van der Waals surface area contributed by atoms with Crippen molar-refractivity contribution < 1.29 is 14.5 Å². The first-order chi connectivity index (χ1) is 10.8. The fourth-order valence-corrected chi connectivity index (χ4v) is 2.57. The van der Waals surface area contributed by atoms with E-state index in [1.165, 1.54) is 6.07 Å². The second kappa shape index (κ2) is 6.85. The van der Waals surface area contributed by atoms with Crippen molar-refractivity contribution in [1.82, 2.24) is 0 Å². The largest absolute Gasteiger partial charge is 0.444 e. The SMILES string of the molecule is CC(C)(C)OC(=O)Nc1ccc(N2CCCCC2)c([N+](=O)[O-])c1. The molecule has 0 radical (unpaired) electrons. The molecule has 1 aliphatic rings. The molecular weight excluding hydrogens is 298 g/mol. The molecule has 1 fully saturated rings. The summed E-state index contributed by atoms with van der Waals surface area (Å²) in [6, 6.07) is 4.74. The lowest BCUT2D eigenvalue weighted by molar-refractivity contribution is -0.384. The van der Waals surface area contributed by atoms with Gasteiger partial charge in [-0.05, 0) is 52.2 Å². The van der Waals surface area contributed by atoms with Crippen LogP contribution in [0.15, 0.2) is 18.2 Å². The average molecular weight is 321 g/mol. The van der Waals surface area contributed by atoms with Crippen molar-refractivity contribution in [3.8, 4) is 0 Å². The number of nitro benzene ring substituents is 1. The van der Waals surface area contributed by atoms with Crippen LogP contribution in [0.1, 0.15) is 40.0 Å². The van der Waals surface area contributed by atoms with Crippen LogP contribution in [-0.4, -0.2) is 29.7 Å². The van der Waals surface area contributed by atoms with Crippen molar-refractivity contribution in [2.24, 2.45) is 0 Å².